The van der Waals surface area contributed by atoms with Crippen molar-refractivity contribution in [3.63, 3.8) is 0 Å². The number of thiophene rings is 1. The monoisotopic (exact) mass is 224 g/mol. The van der Waals surface area contributed by atoms with Crippen molar-refractivity contribution in [3.8, 4) is 0 Å². The zero-order chi connectivity index (χ0) is 10.1. The van der Waals surface area contributed by atoms with E-state index in [-0.39, 0.29) is 5.38 Å². The lowest BCUT2D eigenvalue weighted by molar-refractivity contribution is 0.625. The van der Waals surface area contributed by atoms with E-state index in [1.54, 1.807) is 11.3 Å². The molecule has 1 heterocycles. The molecule has 0 aliphatic rings. The minimum absolute atomic E-state index is 0.124. The summed E-state index contributed by atoms with van der Waals surface area (Å²) < 4.78 is 1.33. The first-order chi connectivity index (χ1) is 6.68. The molecule has 0 fully saturated rings. The van der Waals surface area contributed by atoms with Crippen molar-refractivity contribution < 1.29 is 0 Å². The molecule has 74 valence electrons. The molecule has 0 radical (unpaired) electrons. The minimum Gasteiger partial charge on any atom is -0.144 e. The van der Waals surface area contributed by atoms with Crippen molar-refractivity contribution >= 4 is 33.0 Å². The zero-order valence-corrected chi connectivity index (χ0v) is 9.90. The van der Waals surface area contributed by atoms with E-state index in [0.29, 0.717) is 5.92 Å². The molecule has 0 aliphatic carbocycles. The van der Waals surface area contributed by atoms with Gasteiger partial charge >= 0.3 is 0 Å². The summed E-state index contributed by atoms with van der Waals surface area (Å²) in [7, 11) is 0. The lowest BCUT2D eigenvalue weighted by atomic mass is 10.0. The molecule has 0 amide bonds. The summed E-state index contributed by atoms with van der Waals surface area (Å²) in [5.41, 5.74) is 1.23. The lowest BCUT2D eigenvalue weighted by Gasteiger charge is -2.13. The van der Waals surface area contributed by atoms with E-state index in [0.717, 1.165) is 0 Å². The van der Waals surface area contributed by atoms with Crippen LogP contribution < -0.4 is 0 Å². The average Bonchev–Trinajstić information content (AvgIpc) is 2.62. The third-order valence-corrected chi connectivity index (χ3v) is 4.03. The van der Waals surface area contributed by atoms with Crippen LogP contribution in [0, 0.1) is 5.92 Å². The molecule has 0 aliphatic heterocycles. The second-order valence-corrected chi connectivity index (χ2v) is 5.28. The van der Waals surface area contributed by atoms with Crippen molar-refractivity contribution in [1.29, 1.82) is 0 Å². The molecule has 0 saturated carbocycles. The van der Waals surface area contributed by atoms with Gasteiger partial charge in [0.05, 0.1) is 5.38 Å². The maximum atomic E-state index is 6.31. The fourth-order valence-corrected chi connectivity index (χ4v) is 2.45. The quantitative estimate of drug-likeness (QED) is 0.641. The van der Waals surface area contributed by atoms with Crippen LogP contribution in [0.25, 0.3) is 10.1 Å². The summed E-state index contributed by atoms with van der Waals surface area (Å²) in [5.74, 6) is 0.479. The number of halogens is 1. The Morgan fingerprint density at radius 3 is 2.71 bits per heavy atom. The summed E-state index contributed by atoms with van der Waals surface area (Å²) in [6, 6.07) is 8.64. The molecule has 2 rings (SSSR count). The van der Waals surface area contributed by atoms with Gasteiger partial charge < -0.3 is 0 Å². The Labute approximate surface area is 93.5 Å². The van der Waals surface area contributed by atoms with Crippen LogP contribution in [0.2, 0.25) is 0 Å². The van der Waals surface area contributed by atoms with Gasteiger partial charge in [-0.05, 0) is 40.4 Å². The SMILES string of the molecule is CC(C)C(Cl)c1ccc2sccc2c1. The van der Waals surface area contributed by atoms with Crippen molar-refractivity contribution in [2.75, 3.05) is 0 Å². The largest absolute Gasteiger partial charge is 0.144 e. The Balaban J connectivity index is 2.43. The van der Waals surface area contributed by atoms with Crippen LogP contribution >= 0.6 is 22.9 Å². The molecule has 14 heavy (non-hydrogen) atoms. The van der Waals surface area contributed by atoms with Gasteiger partial charge in [-0.3, -0.25) is 0 Å². The summed E-state index contributed by atoms with van der Waals surface area (Å²) in [6.07, 6.45) is 0. The number of benzene rings is 1. The van der Waals surface area contributed by atoms with Crippen molar-refractivity contribution in [3.05, 3.63) is 35.2 Å². The van der Waals surface area contributed by atoms with Gasteiger partial charge in [-0.1, -0.05) is 19.9 Å². The third-order valence-electron chi connectivity index (χ3n) is 2.38. The molecule has 1 aromatic carbocycles. The van der Waals surface area contributed by atoms with Gasteiger partial charge in [-0.2, -0.15) is 0 Å². The molecule has 0 bridgehead atoms. The smallest absolute Gasteiger partial charge is 0.0608 e. The van der Waals surface area contributed by atoms with E-state index in [1.165, 1.54) is 15.6 Å². The molecular formula is C12H13ClS. The first-order valence-electron chi connectivity index (χ1n) is 4.79. The van der Waals surface area contributed by atoms with Crippen molar-refractivity contribution in [1.82, 2.24) is 0 Å². The van der Waals surface area contributed by atoms with Crippen molar-refractivity contribution in [2.45, 2.75) is 19.2 Å². The Morgan fingerprint density at radius 2 is 2.00 bits per heavy atom. The molecule has 0 saturated heterocycles. The Bertz CT molecular complexity index is 431. The first kappa shape index (κ1) is 10.0. The second-order valence-electron chi connectivity index (χ2n) is 3.86. The normalized spacial score (nSPS) is 13.7. The highest BCUT2D eigenvalue weighted by Crippen LogP contribution is 2.31. The molecule has 1 aromatic heterocycles. The highest BCUT2D eigenvalue weighted by Gasteiger charge is 2.12. The molecule has 1 unspecified atom stereocenters. The Hall–Kier alpha value is -0.530. The maximum Gasteiger partial charge on any atom is 0.0608 e. The standard InChI is InChI=1S/C12H13ClS/c1-8(2)12(13)10-3-4-11-9(7-10)5-6-14-11/h3-8,12H,1-2H3. The average molecular weight is 225 g/mol. The van der Waals surface area contributed by atoms with Crippen LogP contribution in [0.5, 0.6) is 0 Å². The number of alkyl halides is 1. The Morgan fingerprint density at radius 1 is 1.21 bits per heavy atom. The van der Waals surface area contributed by atoms with Crippen LogP contribution in [-0.2, 0) is 0 Å². The highest BCUT2D eigenvalue weighted by molar-refractivity contribution is 7.17. The minimum atomic E-state index is 0.124. The summed E-state index contributed by atoms with van der Waals surface area (Å²) in [6.45, 7) is 4.30. The summed E-state index contributed by atoms with van der Waals surface area (Å²) >= 11 is 8.08. The van der Waals surface area contributed by atoms with Gasteiger partial charge in [0.25, 0.3) is 0 Å². The van der Waals surface area contributed by atoms with Gasteiger partial charge in [0.2, 0.25) is 0 Å². The second kappa shape index (κ2) is 3.92. The van der Waals surface area contributed by atoms with E-state index in [2.05, 4.69) is 43.5 Å². The van der Waals surface area contributed by atoms with Crippen LogP contribution in [0.4, 0.5) is 0 Å². The van der Waals surface area contributed by atoms with E-state index in [1.807, 2.05) is 0 Å². The Kier molecular flexibility index (Phi) is 2.80. The van der Waals surface area contributed by atoms with E-state index < -0.39 is 0 Å². The van der Waals surface area contributed by atoms with Gasteiger partial charge in [0.1, 0.15) is 0 Å². The zero-order valence-electron chi connectivity index (χ0n) is 8.33. The topological polar surface area (TPSA) is 0 Å². The number of fused-ring (bicyclic) bond motifs is 1. The fraction of sp³-hybridized carbons (Fsp3) is 0.333. The summed E-state index contributed by atoms with van der Waals surface area (Å²) in [4.78, 5) is 0. The van der Waals surface area contributed by atoms with Crippen LogP contribution in [-0.4, -0.2) is 0 Å². The first-order valence-corrected chi connectivity index (χ1v) is 6.11. The van der Waals surface area contributed by atoms with E-state index in [4.69, 9.17) is 11.6 Å². The predicted molar refractivity (Wildman–Crippen MR) is 65.3 cm³/mol. The number of rotatable bonds is 2. The molecule has 2 heteroatoms. The van der Waals surface area contributed by atoms with E-state index in [9.17, 15) is 0 Å². The highest BCUT2D eigenvalue weighted by atomic mass is 35.5. The lowest BCUT2D eigenvalue weighted by Crippen LogP contribution is -1.98. The van der Waals surface area contributed by atoms with Crippen LogP contribution in [0.15, 0.2) is 29.6 Å². The van der Waals surface area contributed by atoms with Crippen LogP contribution in [0.1, 0.15) is 24.8 Å². The summed E-state index contributed by atoms with van der Waals surface area (Å²) in [5, 5.41) is 3.55. The molecule has 0 N–H and O–H groups in total. The maximum absolute atomic E-state index is 6.31. The molecule has 1 atom stereocenters. The molecular weight excluding hydrogens is 212 g/mol. The number of hydrogen-bond acceptors (Lipinski definition) is 1. The van der Waals surface area contributed by atoms with Gasteiger partial charge in [0.15, 0.2) is 0 Å². The van der Waals surface area contributed by atoms with Crippen LogP contribution in [0.3, 0.4) is 0 Å². The fourth-order valence-electron chi connectivity index (χ4n) is 1.54. The molecule has 2 aromatic rings. The van der Waals surface area contributed by atoms with Gasteiger partial charge in [-0.25, -0.2) is 0 Å². The number of hydrogen-bond donors (Lipinski definition) is 0. The van der Waals surface area contributed by atoms with E-state index >= 15 is 0 Å². The van der Waals surface area contributed by atoms with Gasteiger partial charge in [-0.15, -0.1) is 22.9 Å². The predicted octanol–water partition coefficient (Wildman–Crippen LogP) is 4.84. The van der Waals surface area contributed by atoms with Crippen molar-refractivity contribution in [2.24, 2.45) is 5.92 Å². The van der Waals surface area contributed by atoms with Gasteiger partial charge in [0, 0.05) is 4.70 Å². The molecule has 0 spiro atoms. The third kappa shape index (κ3) is 1.79. The molecule has 0 nitrogen and oxygen atoms in total.